The number of aromatic nitrogens is 1. The van der Waals surface area contributed by atoms with Crippen molar-refractivity contribution in [2.75, 3.05) is 18.4 Å². The van der Waals surface area contributed by atoms with E-state index in [1.807, 2.05) is 0 Å². The molecule has 2 aliphatic heterocycles. The van der Waals surface area contributed by atoms with Crippen LogP contribution in [-0.4, -0.2) is 47.0 Å². The van der Waals surface area contributed by atoms with Crippen molar-refractivity contribution in [3.63, 3.8) is 0 Å². The Balaban J connectivity index is 1.45. The summed E-state index contributed by atoms with van der Waals surface area (Å²) in [6.07, 6.45) is -0.609. The molecule has 0 unspecified atom stereocenters. The fourth-order valence-electron chi connectivity index (χ4n) is 5.87. The first-order valence-corrected chi connectivity index (χ1v) is 13.0. The fourth-order valence-corrected chi connectivity index (χ4v) is 5.87. The van der Waals surface area contributed by atoms with E-state index >= 15 is 0 Å². The Hall–Kier alpha value is -2.95. The number of nitrogens with zero attached hydrogens (tertiary/aromatic N) is 2. The number of hydrogen-bond acceptors (Lipinski definition) is 4. The monoisotopic (exact) mass is 538 g/mol. The smallest absolute Gasteiger partial charge is 0.266 e. The number of carbonyl (C=O) groups is 1. The van der Waals surface area contributed by atoms with Gasteiger partial charge in [0.2, 0.25) is 0 Å². The van der Waals surface area contributed by atoms with Gasteiger partial charge in [-0.15, -0.1) is 0 Å². The number of halogens is 5. The molecule has 206 valence electrons. The Bertz CT molecular complexity index is 1260. The summed E-state index contributed by atoms with van der Waals surface area (Å²) in [6.45, 7) is 3.39. The highest BCUT2D eigenvalue weighted by Crippen LogP contribution is 2.48. The number of piperidine rings is 1. The van der Waals surface area contributed by atoms with Crippen LogP contribution in [0.1, 0.15) is 79.4 Å². The average Bonchev–Trinajstić information content (AvgIpc) is 3.55. The standard InChI is InChI=1S/C27H31F5N4O2/c1-15(18-5-2-6-19(23(18)28)24(29)30)33-25(38)20-14-36(27(8-9-27)26(31)32)22(37)13-21(20)34-16-7-11-35-10-3-4-17(35)12-16/h2,5-6,13-17,24,26,34H,3-4,7-12H2,1H3,(H,33,38)/t15-,16-,17-/m1/s1. The summed E-state index contributed by atoms with van der Waals surface area (Å²) in [5.41, 5.74) is -2.99. The topological polar surface area (TPSA) is 66.4 Å². The summed E-state index contributed by atoms with van der Waals surface area (Å²) < 4.78 is 69.8. The molecule has 1 amide bonds. The van der Waals surface area contributed by atoms with E-state index in [-0.39, 0.29) is 35.7 Å². The summed E-state index contributed by atoms with van der Waals surface area (Å²) in [7, 11) is 0. The molecule has 3 atom stereocenters. The zero-order chi connectivity index (χ0) is 27.2. The van der Waals surface area contributed by atoms with E-state index in [1.54, 1.807) is 0 Å². The summed E-state index contributed by atoms with van der Waals surface area (Å²) in [6, 6.07) is 4.14. The van der Waals surface area contributed by atoms with E-state index in [9.17, 15) is 31.5 Å². The lowest BCUT2D eigenvalue weighted by molar-refractivity contribution is 0.0648. The van der Waals surface area contributed by atoms with Gasteiger partial charge in [0, 0.05) is 36.5 Å². The quantitative estimate of drug-likeness (QED) is 0.453. The van der Waals surface area contributed by atoms with Gasteiger partial charge in [-0.1, -0.05) is 18.2 Å². The van der Waals surface area contributed by atoms with Crippen molar-refractivity contribution in [1.29, 1.82) is 0 Å². The molecule has 1 aliphatic carbocycles. The number of nitrogens with one attached hydrogen (secondary N) is 2. The van der Waals surface area contributed by atoms with Gasteiger partial charge in [0.15, 0.2) is 0 Å². The average molecular weight is 539 g/mol. The van der Waals surface area contributed by atoms with Crippen LogP contribution >= 0.6 is 0 Å². The predicted molar refractivity (Wildman–Crippen MR) is 132 cm³/mol. The molecule has 0 bridgehead atoms. The molecule has 2 N–H and O–H groups in total. The summed E-state index contributed by atoms with van der Waals surface area (Å²) in [5, 5.41) is 5.91. The highest BCUT2D eigenvalue weighted by atomic mass is 19.3. The third kappa shape index (κ3) is 4.92. The zero-order valence-electron chi connectivity index (χ0n) is 21.0. The molecular weight excluding hydrogens is 507 g/mol. The zero-order valence-corrected chi connectivity index (χ0v) is 21.0. The van der Waals surface area contributed by atoms with Gasteiger partial charge in [-0.2, -0.15) is 0 Å². The number of benzene rings is 1. The number of rotatable bonds is 8. The van der Waals surface area contributed by atoms with Gasteiger partial charge in [-0.25, -0.2) is 22.0 Å². The fraction of sp³-hybridized carbons (Fsp3) is 0.556. The van der Waals surface area contributed by atoms with Crippen LogP contribution in [0.5, 0.6) is 0 Å². The predicted octanol–water partition coefficient (Wildman–Crippen LogP) is 5.21. The third-order valence-electron chi connectivity index (χ3n) is 8.23. The number of fused-ring (bicyclic) bond motifs is 1. The van der Waals surface area contributed by atoms with Crippen LogP contribution in [0.2, 0.25) is 0 Å². The van der Waals surface area contributed by atoms with Gasteiger partial charge in [0.05, 0.1) is 22.9 Å². The lowest BCUT2D eigenvalue weighted by Crippen LogP contribution is -2.43. The number of hydrogen-bond donors (Lipinski definition) is 2. The SMILES string of the molecule is C[C@@H](NC(=O)c1cn(C2(C(F)F)CC2)c(=O)cc1N[C@@H]1CCN2CCC[C@@H]2C1)c1cccc(C(F)F)c1F. The van der Waals surface area contributed by atoms with Crippen molar-refractivity contribution in [1.82, 2.24) is 14.8 Å². The molecule has 2 saturated heterocycles. The number of alkyl halides is 4. The van der Waals surface area contributed by atoms with E-state index in [0.29, 0.717) is 6.04 Å². The first-order chi connectivity index (χ1) is 18.1. The van der Waals surface area contributed by atoms with Crippen molar-refractivity contribution >= 4 is 11.6 Å². The number of anilines is 1. The minimum Gasteiger partial charge on any atom is -0.381 e. The largest absolute Gasteiger partial charge is 0.381 e. The maximum Gasteiger partial charge on any atom is 0.266 e. The van der Waals surface area contributed by atoms with Crippen LogP contribution in [0.15, 0.2) is 35.3 Å². The number of carbonyl (C=O) groups excluding carboxylic acids is 1. The minimum atomic E-state index is -3.02. The van der Waals surface area contributed by atoms with Crippen LogP contribution < -0.4 is 16.2 Å². The molecule has 3 aliphatic rings. The van der Waals surface area contributed by atoms with Gasteiger partial charge in [-0.05, 0) is 52.0 Å². The molecule has 11 heteroatoms. The molecule has 3 heterocycles. The van der Waals surface area contributed by atoms with Gasteiger partial charge >= 0.3 is 0 Å². The molecule has 5 rings (SSSR count). The highest BCUT2D eigenvalue weighted by molar-refractivity contribution is 5.99. The van der Waals surface area contributed by atoms with Crippen molar-refractivity contribution < 1.29 is 26.7 Å². The number of pyridine rings is 1. The molecule has 1 aromatic heterocycles. The molecule has 3 fully saturated rings. The Morgan fingerprint density at radius 3 is 2.53 bits per heavy atom. The molecule has 1 saturated carbocycles. The first-order valence-electron chi connectivity index (χ1n) is 13.0. The van der Waals surface area contributed by atoms with Gasteiger partial charge < -0.3 is 20.1 Å². The molecule has 1 aromatic carbocycles. The summed E-state index contributed by atoms with van der Waals surface area (Å²) in [4.78, 5) is 28.8. The van der Waals surface area contributed by atoms with Crippen LogP contribution in [0.3, 0.4) is 0 Å². The molecule has 2 aromatic rings. The van der Waals surface area contributed by atoms with E-state index in [0.717, 1.165) is 55.6 Å². The highest BCUT2D eigenvalue weighted by Gasteiger charge is 2.53. The Labute approximate surface area is 217 Å². The third-order valence-corrected chi connectivity index (χ3v) is 8.23. The Morgan fingerprint density at radius 2 is 1.84 bits per heavy atom. The van der Waals surface area contributed by atoms with Crippen molar-refractivity contribution in [3.8, 4) is 0 Å². The molecule has 6 nitrogen and oxygen atoms in total. The normalized spacial score (nSPS) is 23.4. The van der Waals surface area contributed by atoms with E-state index in [2.05, 4.69) is 15.5 Å². The van der Waals surface area contributed by atoms with Gasteiger partial charge in [0.25, 0.3) is 24.3 Å². The molecular formula is C27H31F5N4O2. The van der Waals surface area contributed by atoms with E-state index in [4.69, 9.17) is 0 Å². The lowest BCUT2D eigenvalue weighted by atomic mass is 9.97. The molecule has 38 heavy (non-hydrogen) atoms. The maximum absolute atomic E-state index is 14.7. The second kappa shape index (κ2) is 10.3. The van der Waals surface area contributed by atoms with Crippen molar-refractivity contribution in [3.05, 3.63) is 63.3 Å². The number of amides is 1. The minimum absolute atomic E-state index is 0.0151. The lowest BCUT2D eigenvalue weighted by Gasteiger charge is -2.36. The van der Waals surface area contributed by atoms with Crippen molar-refractivity contribution in [2.24, 2.45) is 0 Å². The second-order valence-corrected chi connectivity index (χ2v) is 10.7. The molecule has 0 radical (unpaired) electrons. The van der Waals surface area contributed by atoms with Gasteiger partial charge in [0.1, 0.15) is 11.4 Å². The van der Waals surface area contributed by atoms with E-state index < -0.39 is 47.3 Å². The maximum atomic E-state index is 14.7. The van der Waals surface area contributed by atoms with Crippen molar-refractivity contribution in [2.45, 2.75) is 82.0 Å². The Kier molecular flexibility index (Phi) is 7.23. The molecule has 0 spiro atoms. The van der Waals surface area contributed by atoms with Crippen LogP contribution in [0, 0.1) is 5.82 Å². The first kappa shape index (κ1) is 26.6. The summed E-state index contributed by atoms with van der Waals surface area (Å²) >= 11 is 0. The van der Waals surface area contributed by atoms with Gasteiger partial charge in [-0.3, -0.25) is 9.59 Å². The van der Waals surface area contributed by atoms with E-state index in [1.165, 1.54) is 25.1 Å². The van der Waals surface area contributed by atoms with Crippen LogP contribution in [0.25, 0.3) is 0 Å². The van der Waals surface area contributed by atoms with Crippen LogP contribution in [-0.2, 0) is 5.54 Å². The second-order valence-electron chi connectivity index (χ2n) is 10.7. The summed E-state index contributed by atoms with van der Waals surface area (Å²) in [5.74, 6) is -1.84. The Morgan fingerprint density at radius 1 is 1.11 bits per heavy atom. The van der Waals surface area contributed by atoms with Crippen LogP contribution in [0.4, 0.5) is 27.6 Å².